The third kappa shape index (κ3) is 1.89. The average Bonchev–Trinajstić information content (AvgIpc) is 2.05. The van der Waals surface area contributed by atoms with Crippen molar-refractivity contribution in [2.45, 2.75) is 24.7 Å². The van der Waals surface area contributed by atoms with Crippen LogP contribution in [0.1, 0.15) is 6.42 Å². The number of hydrogen-bond acceptors (Lipinski definition) is 4. The molecule has 1 rings (SSSR count). The maximum absolute atomic E-state index is 10.7. The monoisotopic (exact) mass is 161 g/mol. The zero-order chi connectivity index (χ0) is 8.43. The summed E-state index contributed by atoms with van der Waals surface area (Å²) >= 11 is 0. The molecule has 0 saturated carbocycles. The predicted molar refractivity (Wildman–Crippen MR) is 35.6 cm³/mol. The van der Waals surface area contributed by atoms with Crippen LogP contribution in [-0.2, 0) is 4.79 Å². The minimum absolute atomic E-state index is 0.00292. The van der Waals surface area contributed by atoms with Gasteiger partial charge in [0.05, 0.1) is 12.2 Å². The second-order valence-corrected chi connectivity index (χ2v) is 2.63. The summed E-state index contributed by atoms with van der Waals surface area (Å²) in [6.07, 6.45) is -3.31. The molecule has 11 heavy (non-hydrogen) atoms. The number of carbonyl (C=O) groups excluding carboxylic acids is 1. The molecule has 0 radical (unpaired) electrons. The molecule has 1 aliphatic rings. The lowest BCUT2D eigenvalue weighted by Gasteiger charge is -2.12. The summed E-state index contributed by atoms with van der Waals surface area (Å²) in [6.45, 7) is -0.00292. The fourth-order valence-corrected chi connectivity index (χ4v) is 0.952. The zero-order valence-electron chi connectivity index (χ0n) is 5.90. The largest absolute Gasteiger partial charge is 0.390 e. The van der Waals surface area contributed by atoms with Gasteiger partial charge in [0, 0.05) is 13.0 Å². The predicted octanol–water partition coefficient (Wildman–Crippen LogP) is -2.41. The van der Waals surface area contributed by atoms with E-state index in [0.29, 0.717) is 0 Å². The van der Waals surface area contributed by atoms with Crippen LogP contribution in [0.3, 0.4) is 0 Å². The molecule has 1 heterocycles. The molecule has 0 aromatic rings. The highest BCUT2D eigenvalue weighted by molar-refractivity contribution is 5.80. The number of amides is 1. The van der Waals surface area contributed by atoms with Gasteiger partial charge in [-0.3, -0.25) is 4.79 Å². The first-order valence-corrected chi connectivity index (χ1v) is 3.43. The van der Waals surface area contributed by atoms with E-state index in [1.807, 2.05) is 0 Å². The quantitative estimate of drug-likeness (QED) is 0.318. The molecule has 0 unspecified atom stereocenters. The van der Waals surface area contributed by atoms with Gasteiger partial charge in [-0.1, -0.05) is 0 Å². The van der Waals surface area contributed by atoms with Gasteiger partial charge in [0.15, 0.2) is 0 Å². The SMILES string of the molecule is O=C1NC[C@@H](O)[C@H](O)C[C@H]1O. The van der Waals surface area contributed by atoms with Gasteiger partial charge < -0.3 is 20.6 Å². The molecule has 5 heteroatoms. The summed E-state index contributed by atoms with van der Waals surface area (Å²) in [5.41, 5.74) is 0. The first-order chi connectivity index (χ1) is 5.11. The number of β-amino-alcohol motifs (C(OH)–C–C–N with tert-alkyl or cyclic N) is 1. The van der Waals surface area contributed by atoms with Crippen molar-refractivity contribution >= 4 is 5.91 Å². The number of aliphatic hydroxyl groups excluding tert-OH is 3. The van der Waals surface area contributed by atoms with E-state index in [9.17, 15) is 4.79 Å². The number of rotatable bonds is 0. The highest BCUT2D eigenvalue weighted by Gasteiger charge is 2.28. The fourth-order valence-electron chi connectivity index (χ4n) is 0.952. The normalized spacial score (nSPS) is 39.5. The molecule has 1 fully saturated rings. The third-order valence-electron chi connectivity index (χ3n) is 1.70. The van der Waals surface area contributed by atoms with E-state index < -0.39 is 24.2 Å². The number of hydrogen-bond donors (Lipinski definition) is 4. The van der Waals surface area contributed by atoms with Crippen molar-refractivity contribution in [2.75, 3.05) is 6.54 Å². The van der Waals surface area contributed by atoms with Crippen LogP contribution >= 0.6 is 0 Å². The first-order valence-electron chi connectivity index (χ1n) is 3.43. The molecular weight excluding hydrogens is 150 g/mol. The molecular formula is C6H11NO4. The molecule has 0 aliphatic carbocycles. The van der Waals surface area contributed by atoms with E-state index in [4.69, 9.17) is 15.3 Å². The van der Waals surface area contributed by atoms with Crippen LogP contribution in [0.5, 0.6) is 0 Å². The van der Waals surface area contributed by atoms with E-state index in [0.717, 1.165) is 0 Å². The molecule has 0 aromatic carbocycles. The lowest BCUT2D eigenvalue weighted by molar-refractivity contribution is -0.129. The van der Waals surface area contributed by atoms with Crippen molar-refractivity contribution < 1.29 is 20.1 Å². The van der Waals surface area contributed by atoms with Gasteiger partial charge in [0.2, 0.25) is 5.91 Å². The summed E-state index contributed by atoms with van der Waals surface area (Å²) < 4.78 is 0. The van der Waals surface area contributed by atoms with Crippen molar-refractivity contribution in [3.63, 3.8) is 0 Å². The third-order valence-corrected chi connectivity index (χ3v) is 1.70. The second kappa shape index (κ2) is 3.17. The smallest absolute Gasteiger partial charge is 0.249 e. The Kier molecular flexibility index (Phi) is 2.43. The molecule has 0 bridgehead atoms. The lowest BCUT2D eigenvalue weighted by atomic mass is 10.1. The molecule has 1 saturated heterocycles. The number of carbonyl (C=O) groups is 1. The summed E-state index contributed by atoms with van der Waals surface area (Å²) in [7, 11) is 0. The van der Waals surface area contributed by atoms with Crippen LogP contribution in [-0.4, -0.2) is 46.1 Å². The molecule has 4 N–H and O–H groups in total. The maximum atomic E-state index is 10.7. The van der Waals surface area contributed by atoms with Crippen molar-refractivity contribution in [3.05, 3.63) is 0 Å². The second-order valence-electron chi connectivity index (χ2n) is 2.63. The molecule has 64 valence electrons. The number of nitrogens with one attached hydrogen (secondary N) is 1. The highest BCUT2D eigenvalue weighted by Crippen LogP contribution is 2.06. The van der Waals surface area contributed by atoms with Crippen LogP contribution in [0.4, 0.5) is 0 Å². The van der Waals surface area contributed by atoms with Gasteiger partial charge in [-0.05, 0) is 0 Å². The van der Waals surface area contributed by atoms with Gasteiger partial charge >= 0.3 is 0 Å². The van der Waals surface area contributed by atoms with E-state index in [2.05, 4.69) is 5.32 Å². The van der Waals surface area contributed by atoms with E-state index in [-0.39, 0.29) is 13.0 Å². The minimum atomic E-state index is -1.21. The van der Waals surface area contributed by atoms with Gasteiger partial charge in [-0.25, -0.2) is 0 Å². The van der Waals surface area contributed by atoms with Crippen molar-refractivity contribution in [1.29, 1.82) is 0 Å². The first kappa shape index (κ1) is 8.45. The van der Waals surface area contributed by atoms with Gasteiger partial charge in [0.1, 0.15) is 6.10 Å². The Hall–Kier alpha value is -0.650. The van der Waals surface area contributed by atoms with Gasteiger partial charge in [0.25, 0.3) is 0 Å². The minimum Gasteiger partial charge on any atom is -0.390 e. The Morgan fingerprint density at radius 3 is 2.55 bits per heavy atom. The Bertz CT molecular complexity index is 161. The van der Waals surface area contributed by atoms with E-state index in [1.54, 1.807) is 0 Å². The van der Waals surface area contributed by atoms with Gasteiger partial charge in [-0.2, -0.15) is 0 Å². The average molecular weight is 161 g/mol. The summed E-state index contributed by atoms with van der Waals surface area (Å²) in [5, 5.41) is 29.3. The van der Waals surface area contributed by atoms with Crippen LogP contribution in [0, 0.1) is 0 Å². The molecule has 0 aromatic heterocycles. The zero-order valence-corrected chi connectivity index (χ0v) is 5.90. The van der Waals surface area contributed by atoms with Crippen LogP contribution in [0.15, 0.2) is 0 Å². The number of aliphatic hydroxyl groups is 3. The van der Waals surface area contributed by atoms with Crippen LogP contribution in [0.25, 0.3) is 0 Å². The Morgan fingerprint density at radius 1 is 1.27 bits per heavy atom. The molecule has 0 spiro atoms. The fraction of sp³-hybridized carbons (Fsp3) is 0.833. The van der Waals surface area contributed by atoms with Crippen LogP contribution in [0.2, 0.25) is 0 Å². The lowest BCUT2D eigenvalue weighted by Crippen LogP contribution is -2.35. The molecule has 1 amide bonds. The summed E-state index contributed by atoms with van der Waals surface area (Å²) in [6, 6.07) is 0. The molecule has 5 nitrogen and oxygen atoms in total. The van der Waals surface area contributed by atoms with Crippen molar-refractivity contribution in [3.8, 4) is 0 Å². The van der Waals surface area contributed by atoms with Crippen molar-refractivity contribution in [1.82, 2.24) is 5.32 Å². The highest BCUT2D eigenvalue weighted by atomic mass is 16.3. The topological polar surface area (TPSA) is 89.8 Å². The summed E-state index contributed by atoms with van der Waals surface area (Å²) in [5.74, 6) is -0.541. The Labute approximate surface area is 63.7 Å². The molecule has 3 atom stereocenters. The van der Waals surface area contributed by atoms with E-state index in [1.165, 1.54) is 0 Å². The Morgan fingerprint density at radius 2 is 1.91 bits per heavy atom. The Balaban J connectivity index is 2.58. The van der Waals surface area contributed by atoms with Crippen LogP contribution < -0.4 is 5.32 Å². The van der Waals surface area contributed by atoms with Gasteiger partial charge in [-0.15, -0.1) is 0 Å². The van der Waals surface area contributed by atoms with Crippen molar-refractivity contribution in [2.24, 2.45) is 0 Å². The maximum Gasteiger partial charge on any atom is 0.249 e. The molecule has 1 aliphatic heterocycles. The van der Waals surface area contributed by atoms with E-state index >= 15 is 0 Å². The summed E-state index contributed by atoms with van der Waals surface area (Å²) in [4.78, 5) is 10.7. The standard InChI is InChI=1S/C6H11NO4/c8-3-1-4(9)6(11)7-2-5(3)10/h3-5,8-10H,1-2H2,(H,7,11)/t3-,4-,5-/m1/s1.